The Morgan fingerprint density at radius 1 is 1.23 bits per heavy atom. The molecule has 0 fully saturated rings. The third-order valence-electron chi connectivity index (χ3n) is 5.02. The predicted octanol–water partition coefficient (Wildman–Crippen LogP) is 1.52. The first-order valence-corrected chi connectivity index (χ1v) is 9.43. The summed E-state index contributed by atoms with van der Waals surface area (Å²) in [4.78, 5) is 14.4. The molecule has 0 saturated carbocycles. The van der Waals surface area contributed by atoms with Gasteiger partial charge in [-0.25, -0.2) is 0 Å². The first kappa shape index (κ1) is 22.6. The van der Waals surface area contributed by atoms with Crippen LogP contribution in [-0.2, 0) is 11.2 Å². The smallest absolute Gasteiger partial charge is 0.328 e. The number of carboxylic acids is 1. The quantitative estimate of drug-likeness (QED) is 0.291. The Kier molecular flexibility index (Phi) is 9.29. The Morgan fingerprint density at radius 2 is 1.88 bits per heavy atom. The highest BCUT2D eigenvalue weighted by atomic mass is 16.4. The molecule has 4 atom stereocenters. The molecule has 0 aliphatic heterocycles. The second kappa shape index (κ2) is 10.7. The van der Waals surface area contributed by atoms with E-state index in [0.717, 1.165) is 12.1 Å². The van der Waals surface area contributed by atoms with Gasteiger partial charge < -0.3 is 31.1 Å². The van der Waals surface area contributed by atoms with Gasteiger partial charge in [-0.3, -0.25) is 4.79 Å². The fraction of sp³-hybridized carbons (Fsp3) is 0.737. The summed E-state index contributed by atoms with van der Waals surface area (Å²) in [5.74, 6) is -1.20. The van der Waals surface area contributed by atoms with Crippen LogP contribution in [0.1, 0.15) is 69.7 Å². The molecule has 0 aromatic carbocycles. The number of carboxylic acid groups (broad SMARTS) is 1. The molecular formula is C19H34N2O5. The topological polar surface area (TPSA) is 140 Å². The maximum Gasteiger partial charge on any atom is 0.328 e. The molecule has 7 nitrogen and oxygen atoms in total. The Balaban J connectivity index is 2.58. The van der Waals surface area contributed by atoms with Crippen molar-refractivity contribution >= 4 is 5.97 Å². The number of aliphatic hydroxyl groups is 3. The molecule has 26 heavy (non-hydrogen) atoms. The molecule has 0 aliphatic carbocycles. The Morgan fingerprint density at radius 3 is 2.46 bits per heavy atom. The highest BCUT2D eigenvalue weighted by Crippen LogP contribution is 2.23. The van der Waals surface area contributed by atoms with Crippen LogP contribution in [0.5, 0.6) is 0 Å². The summed E-state index contributed by atoms with van der Waals surface area (Å²) in [6, 6.07) is 3.76. The van der Waals surface area contributed by atoms with Gasteiger partial charge in [-0.05, 0) is 24.5 Å². The maximum absolute atomic E-state index is 11.1. The van der Waals surface area contributed by atoms with Gasteiger partial charge in [0.1, 0.15) is 6.10 Å². The standard InChI is InChI=1S/C19H34N2O5/c1-3-4-5-6-7-8-13(2)15-10-9-14(21-15)11-16(23)17(24)19(20,12-22)18(25)26/h9-10,13,16-17,21-24H,3-8,11-12,20H2,1-2H3,(H,25,26). The third-order valence-corrected chi connectivity index (χ3v) is 5.02. The SMILES string of the molecule is CCCCCCCC(C)c1ccc(CC(O)C(O)C(N)(CO)C(=O)O)[nH]1. The van der Waals surface area contributed by atoms with E-state index in [4.69, 9.17) is 15.9 Å². The number of carbonyl (C=O) groups is 1. The van der Waals surface area contributed by atoms with Crippen molar-refractivity contribution in [2.45, 2.75) is 82.5 Å². The average Bonchev–Trinajstić information content (AvgIpc) is 3.08. The zero-order chi connectivity index (χ0) is 19.7. The van der Waals surface area contributed by atoms with Crippen molar-refractivity contribution in [3.63, 3.8) is 0 Å². The minimum absolute atomic E-state index is 0.0244. The lowest BCUT2D eigenvalue weighted by Crippen LogP contribution is -2.64. The van der Waals surface area contributed by atoms with Crippen molar-refractivity contribution in [1.29, 1.82) is 0 Å². The van der Waals surface area contributed by atoms with Gasteiger partial charge in [-0.1, -0.05) is 46.0 Å². The van der Waals surface area contributed by atoms with Crippen molar-refractivity contribution in [2.24, 2.45) is 5.73 Å². The Labute approximate surface area is 155 Å². The van der Waals surface area contributed by atoms with E-state index in [0.29, 0.717) is 11.6 Å². The lowest BCUT2D eigenvalue weighted by Gasteiger charge is -2.31. The molecule has 0 saturated heterocycles. The molecule has 150 valence electrons. The summed E-state index contributed by atoms with van der Waals surface area (Å²) >= 11 is 0. The van der Waals surface area contributed by atoms with Crippen LogP contribution in [0.3, 0.4) is 0 Å². The highest BCUT2D eigenvalue weighted by Gasteiger charge is 2.44. The zero-order valence-corrected chi connectivity index (χ0v) is 15.8. The number of hydrogen-bond donors (Lipinski definition) is 6. The van der Waals surface area contributed by atoms with E-state index in [2.05, 4.69) is 18.8 Å². The van der Waals surface area contributed by atoms with Crippen LogP contribution >= 0.6 is 0 Å². The van der Waals surface area contributed by atoms with Gasteiger partial charge in [0.05, 0.1) is 12.7 Å². The number of H-pyrrole nitrogens is 1. The first-order valence-electron chi connectivity index (χ1n) is 9.43. The second-order valence-corrected chi connectivity index (χ2v) is 7.26. The number of aromatic amines is 1. The largest absolute Gasteiger partial charge is 0.480 e. The van der Waals surface area contributed by atoms with Crippen molar-refractivity contribution < 1.29 is 25.2 Å². The highest BCUT2D eigenvalue weighted by molar-refractivity contribution is 5.79. The average molecular weight is 370 g/mol. The second-order valence-electron chi connectivity index (χ2n) is 7.26. The van der Waals surface area contributed by atoms with Crippen LogP contribution in [0.15, 0.2) is 12.1 Å². The van der Waals surface area contributed by atoms with Crippen LogP contribution in [-0.4, -0.2) is 55.7 Å². The van der Waals surface area contributed by atoms with Gasteiger partial charge in [-0.15, -0.1) is 0 Å². The van der Waals surface area contributed by atoms with Crippen LogP contribution in [0.2, 0.25) is 0 Å². The Hall–Kier alpha value is -1.41. The Bertz CT molecular complexity index is 548. The normalized spacial score (nSPS) is 17.5. The fourth-order valence-corrected chi connectivity index (χ4v) is 3.04. The van der Waals surface area contributed by atoms with E-state index in [1.54, 1.807) is 0 Å². The molecule has 7 N–H and O–H groups in total. The molecule has 1 heterocycles. The predicted molar refractivity (Wildman–Crippen MR) is 99.9 cm³/mol. The molecular weight excluding hydrogens is 336 g/mol. The maximum atomic E-state index is 11.1. The van der Waals surface area contributed by atoms with Gasteiger partial charge in [-0.2, -0.15) is 0 Å². The number of aromatic nitrogens is 1. The third kappa shape index (κ3) is 6.09. The summed E-state index contributed by atoms with van der Waals surface area (Å²) < 4.78 is 0. The molecule has 0 aliphatic rings. The van der Waals surface area contributed by atoms with E-state index in [1.165, 1.54) is 32.1 Å². The number of rotatable bonds is 13. The number of aliphatic carboxylic acids is 1. The van der Waals surface area contributed by atoms with Crippen molar-refractivity contribution in [3.05, 3.63) is 23.5 Å². The van der Waals surface area contributed by atoms with Crippen LogP contribution in [0.25, 0.3) is 0 Å². The lowest BCUT2D eigenvalue weighted by atomic mass is 9.89. The molecule has 7 heteroatoms. The fourth-order valence-electron chi connectivity index (χ4n) is 3.04. The first-order chi connectivity index (χ1) is 12.3. The molecule has 4 unspecified atom stereocenters. The lowest BCUT2D eigenvalue weighted by molar-refractivity contribution is -0.155. The van der Waals surface area contributed by atoms with Gasteiger partial charge in [0.2, 0.25) is 0 Å². The molecule has 1 aromatic rings. The van der Waals surface area contributed by atoms with Gasteiger partial charge in [0.25, 0.3) is 0 Å². The van der Waals surface area contributed by atoms with Gasteiger partial charge >= 0.3 is 5.97 Å². The summed E-state index contributed by atoms with van der Waals surface area (Å²) in [6.07, 6.45) is 4.07. The zero-order valence-electron chi connectivity index (χ0n) is 15.8. The molecule has 1 rings (SSSR count). The number of nitrogens with two attached hydrogens (primary N) is 1. The van der Waals surface area contributed by atoms with Crippen molar-refractivity contribution in [2.75, 3.05) is 6.61 Å². The monoisotopic (exact) mass is 370 g/mol. The van der Waals surface area contributed by atoms with Crippen LogP contribution in [0.4, 0.5) is 0 Å². The van der Waals surface area contributed by atoms with E-state index in [-0.39, 0.29) is 6.42 Å². The van der Waals surface area contributed by atoms with Gasteiger partial charge in [0.15, 0.2) is 5.54 Å². The summed E-state index contributed by atoms with van der Waals surface area (Å²) in [6.45, 7) is 3.37. The van der Waals surface area contributed by atoms with E-state index >= 15 is 0 Å². The number of nitrogens with one attached hydrogen (secondary N) is 1. The van der Waals surface area contributed by atoms with Crippen molar-refractivity contribution in [3.8, 4) is 0 Å². The summed E-state index contributed by atoms with van der Waals surface area (Å²) in [5.41, 5.74) is 4.96. The molecule has 0 bridgehead atoms. The number of aliphatic hydroxyl groups excluding tert-OH is 3. The van der Waals surface area contributed by atoms with Crippen molar-refractivity contribution in [1.82, 2.24) is 4.98 Å². The minimum atomic E-state index is -2.29. The number of unbranched alkanes of at least 4 members (excludes halogenated alkanes) is 4. The van der Waals surface area contributed by atoms with Gasteiger partial charge in [0, 0.05) is 17.8 Å². The molecule has 0 radical (unpaired) electrons. The van der Waals surface area contributed by atoms with Crippen LogP contribution in [0, 0.1) is 0 Å². The molecule has 0 spiro atoms. The van der Waals surface area contributed by atoms with E-state index in [1.807, 2.05) is 12.1 Å². The van der Waals surface area contributed by atoms with E-state index in [9.17, 15) is 15.0 Å². The minimum Gasteiger partial charge on any atom is -0.480 e. The molecule has 1 aromatic heterocycles. The summed E-state index contributed by atoms with van der Waals surface area (Å²) in [5, 5.41) is 38.4. The number of hydrogen-bond acceptors (Lipinski definition) is 5. The molecule has 0 amide bonds. The van der Waals surface area contributed by atoms with Crippen LogP contribution < -0.4 is 5.73 Å². The van der Waals surface area contributed by atoms with E-state index < -0.39 is 30.3 Å². The summed E-state index contributed by atoms with van der Waals surface area (Å²) in [7, 11) is 0.